The van der Waals surface area contributed by atoms with Crippen LogP contribution in [0.15, 0.2) is 0 Å². The molecular weight excluding hydrogens is 196 g/mol. The highest BCUT2D eigenvalue weighted by Gasteiger charge is 2.36. The minimum atomic E-state index is 0.146. The summed E-state index contributed by atoms with van der Waals surface area (Å²) in [7, 11) is 0. The number of nitrogens with two attached hydrogens (primary N) is 1. The molecule has 1 unspecified atom stereocenters. The molecule has 2 nitrogen and oxygen atoms in total. The quantitative estimate of drug-likeness (QED) is 0.781. The third-order valence-electron chi connectivity index (χ3n) is 4.63. The maximum absolute atomic E-state index is 6.45. The Labute approximate surface area is 101 Å². The lowest BCUT2D eigenvalue weighted by molar-refractivity contribution is 0.203. The lowest BCUT2D eigenvalue weighted by Gasteiger charge is -2.31. The van der Waals surface area contributed by atoms with E-state index in [9.17, 15) is 0 Å². The summed E-state index contributed by atoms with van der Waals surface area (Å²) in [6.45, 7) is 10.8. The average molecular weight is 224 g/mol. The molecule has 2 heteroatoms. The summed E-state index contributed by atoms with van der Waals surface area (Å²) < 4.78 is 0. The van der Waals surface area contributed by atoms with Gasteiger partial charge in [-0.3, -0.25) is 0 Å². The van der Waals surface area contributed by atoms with E-state index >= 15 is 0 Å². The first-order chi connectivity index (χ1) is 7.39. The highest BCUT2D eigenvalue weighted by Crippen LogP contribution is 2.35. The molecule has 0 aromatic rings. The van der Waals surface area contributed by atoms with Crippen LogP contribution in [0.3, 0.4) is 0 Å². The van der Waals surface area contributed by atoms with E-state index in [1.165, 1.54) is 45.2 Å². The van der Waals surface area contributed by atoms with E-state index < -0.39 is 0 Å². The SMILES string of the molecule is CC(C)(C)C1CCN(CC2(N)CCCC2)C1. The molecule has 0 bridgehead atoms. The average Bonchev–Trinajstić information content (AvgIpc) is 2.74. The van der Waals surface area contributed by atoms with Gasteiger partial charge in [0.25, 0.3) is 0 Å². The Kier molecular flexibility index (Phi) is 3.33. The second-order valence-electron chi connectivity index (χ2n) is 7.16. The van der Waals surface area contributed by atoms with Crippen molar-refractivity contribution in [3.63, 3.8) is 0 Å². The normalized spacial score (nSPS) is 31.1. The van der Waals surface area contributed by atoms with Crippen LogP contribution in [0.5, 0.6) is 0 Å². The van der Waals surface area contributed by atoms with Gasteiger partial charge in [-0.05, 0) is 37.1 Å². The minimum Gasteiger partial charge on any atom is -0.324 e. The van der Waals surface area contributed by atoms with Crippen molar-refractivity contribution < 1.29 is 0 Å². The van der Waals surface area contributed by atoms with Gasteiger partial charge < -0.3 is 10.6 Å². The molecule has 1 saturated heterocycles. The van der Waals surface area contributed by atoms with Crippen LogP contribution in [0, 0.1) is 11.3 Å². The van der Waals surface area contributed by atoms with Gasteiger partial charge in [0, 0.05) is 18.6 Å². The lowest BCUT2D eigenvalue weighted by atomic mass is 9.80. The summed E-state index contributed by atoms with van der Waals surface area (Å²) >= 11 is 0. The third kappa shape index (κ3) is 2.78. The van der Waals surface area contributed by atoms with Crippen molar-refractivity contribution in [3.8, 4) is 0 Å². The molecule has 0 radical (unpaired) electrons. The topological polar surface area (TPSA) is 29.3 Å². The van der Waals surface area contributed by atoms with Gasteiger partial charge in [0.15, 0.2) is 0 Å². The minimum absolute atomic E-state index is 0.146. The van der Waals surface area contributed by atoms with Gasteiger partial charge in [0.2, 0.25) is 0 Å². The molecule has 1 heterocycles. The Morgan fingerprint density at radius 3 is 2.38 bits per heavy atom. The molecule has 2 aliphatic rings. The van der Waals surface area contributed by atoms with Gasteiger partial charge in [-0.25, -0.2) is 0 Å². The molecule has 94 valence electrons. The van der Waals surface area contributed by atoms with Crippen LogP contribution < -0.4 is 5.73 Å². The van der Waals surface area contributed by atoms with E-state index in [-0.39, 0.29) is 5.54 Å². The van der Waals surface area contributed by atoms with E-state index in [2.05, 4.69) is 25.7 Å². The Hall–Kier alpha value is -0.0800. The zero-order chi connectivity index (χ0) is 11.8. The summed E-state index contributed by atoms with van der Waals surface area (Å²) in [6, 6.07) is 0. The molecule has 1 aliphatic heterocycles. The summed E-state index contributed by atoms with van der Waals surface area (Å²) in [5.41, 5.74) is 7.06. The van der Waals surface area contributed by atoms with Crippen LogP contribution in [0.4, 0.5) is 0 Å². The van der Waals surface area contributed by atoms with Crippen LogP contribution in [-0.2, 0) is 0 Å². The van der Waals surface area contributed by atoms with Gasteiger partial charge in [0.05, 0.1) is 0 Å². The Morgan fingerprint density at radius 1 is 1.25 bits per heavy atom. The predicted molar refractivity (Wildman–Crippen MR) is 69.4 cm³/mol. The van der Waals surface area contributed by atoms with E-state index in [0.717, 1.165) is 12.5 Å². The van der Waals surface area contributed by atoms with Crippen LogP contribution in [-0.4, -0.2) is 30.1 Å². The molecule has 1 saturated carbocycles. The first-order valence-corrected chi connectivity index (χ1v) is 6.90. The van der Waals surface area contributed by atoms with Crippen LogP contribution >= 0.6 is 0 Å². The predicted octanol–water partition coefficient (Wildman–Crippen LogP) is 2.63. The van der Waals surface area contributed by atoms with Crippen molar-refractivity contribution in [1.82, 2.24) is 4.90 Å². The molecule has 0 aromatic carbocycles. The zero-order valence-corrected chi connectivity index (χ0v) is 11.3. The Balaban J connectivity index is 1.85. The van der Waals surface area contributed by atoms with Crippen molar-refractivity contribution >= 4 is 0 Å². The highest BCUT2D eigenvalue weighted by atomic mass is 15.2. The van der Waals surface area contributed by atoms with Crippen LogP contribution in [0.25, 0.3) is 0 Å². The molecule has 16 heavy (non-hydrogen) atoms. The highest BCUT2D eigenvalue weighted by molar-refractivity contribution is 4.94. The molecule has 2 fully saturated rings. The Bertz CT molecular complexity index is 236. The molecule has 0 aromatic heterocycles. The lowest BCUT2D eigenvalue weighted by Crippen LogP contribution is -2.47. The number of hydrogen-bond acceptors (Lipinski definition) is 2. The molecule has 2 rings (SSSR count). The summed E-state index contributed by atoms with van der Waals surface area (Å²) in [6.07, 6.45) is 6.52. The number of likely N-dealkylation sites (tertiary alicyclic amines) is 1. The largest absolute Gasteiger partial charge is 0.324 e. The number of rotatable bonds is 2. The maximum atomic E-state index is 6.45. The first-order valence-electron chi connectivity index (χ1n) is 6.90. The van der Waals surface area contributed by atoms with Crippen molar-refractivity contribution in [2.45, 2.75) is 58.4 Å². The second kappa shape index (κ2) is 4.30. The Morgan fingerprint density at radius 2 is 1.88 bits per heavy atom. The van der Waals surface area contributed by atoms with E-state index in [4.69, 9.17) is 5.73 Å². The fourth-order valence-electron chi connectivity index (χ4n) is 3.37. The first kappa shape index (κ1) is 12.4. The van der Waals surface area contributed by atoms with Gasteiger partial charge in [-0.1, -0.05) is 33.6 Å². The fourth-order valence-corrected chi connectivity index (χ4v) is 3.37. The monoisotopic (exact) mass is 224 g/mol. The van der Waals surface area contributed by atoms with Gasteiger partial charge >= 0.3 is 0 Å². The number of nitrogens with zero attached hydrogens (tertiary/aromatic N) is 1. The molecule has 0 amide bonds. The summed E-state index contributed by atoms with van der Waals surface area (Å²) in [4.78, 5) is 2.61. The van der Waals surface area contributed by atoms with Gasteiger partial charge in [-0.15, -0.1) is 0 Å². The maximum Gasteiger partial charge on any atom is 0.0283 e. The van der Waals surface area contributed by atoms with E-state index in [1.807, 2.05) is 0 Å². The molecule has 1 aliphatic carbocycles. The summed E-state index contributed by atoms with van der Waals surface area (Å²) in [5, 5.41) is 0. The summed E-state index contributed by atoms with van der Waals surface area (Å²) in [5.74, 6) is 0.859. The zero-order valence-electron chi connectivity index (χ0n) is 11.3. The van der Waals surface area contributed by atoms with Gasteiger partial charge in [-0.2, -0.15) is 0 Å². The van der Waals surface area contributed by atoms with Gasteiger partial charge in [0.1, 0.15) is 0 Å². The van der Waals surface area contributed by atoms with Crippen molar-refractivity contribution in [2.24, 2.45) is 17.1 Å². The standard InChI is InChI=1S/C14H28N2/c1-13(2,3)12-6-9-16(10-12)11-14(15)7-4-5-8-14/h12H,4-11,15H2,1-3H3. The fraction of sp³-hybridized carbons (Fsp3) is 1.00. The van der Waals surface area contributed by atoms with Crippen molar-refractivity contribution in [1.29, 1.82) is 0 Å². The third-order valence-corrected chi connectivity index (χ3v) is 4.63. The smallest absolute Gasteiger partial charge is 0.0283 e. The molecule has 1 atom stereocenters. The second-order valence-corrected chi connectivity index (χ2v) is 7.16. The molecule has 0 spiro atoms. The van der Waals surface area contributed by atoms with Crippen molar-refractivity contribution in [2.75, 3.05) is 19.6 Å². The van der Waals surface area contributed by atoms with Crippen LogP contribution in [0.1, 0.15) is 52.9 Å². The molecule has 2 N–H and O–H groups in total. The van der Waals surface area contributed by atoms with Crippen LogP contribution in [0.2, 0.25) is 0 Å². The van der Waals surface area contributed by atoms with E-state index in [0.29, 0.717) is 5.41 Å². The van der Waals surface area contributed by atoms with E-state index in [1.54, 1.807) is 0 Å². The molecular formula is C14H28N2. The van der Waals surface area contributed by atoms with Crippen molar-refractivity contribution in [3.05, 3.63) is 0 Å². The number of hydrogen-bond donors (Lipinski definition) is 1.